The van der Waals surface area contributed by atoms with Crippen LogP contribution in [0.1, 0.15) is 12.5 Å². The molecule has 0 saturated carbocycles. The molecule has 0 amide bonds. The summed E-state index contributed by atoms with van der Waals surface area (Å²) in [4.78, 5) is 11.1. The number of benzene rings is 1. The second kappa shape index (κ2) is 5.75. The molecular weight excluding hydrogens is 228 g/mol. The van der Waals surface area contributed by atoms with Crippen molar-refractivity contribution in [2.45, 2.75) is 13.8 Å². The standard InChI is InChI=1S/C12H15ClO3/c1-8-4-5-10(13)11(6-8)16-7-9(2)12(14)15-3/h4-6,9H,7H2,1-3H3. The van der Waals surface area contributed by atoms with E-state index in [2.05, 4.69) is 4.74 Å². The van der Waals surface area contributed by atoms with Crippen LogP contribution >= 0.6 is 11.6 Å². The van der Waals surface area contributed by atoms with Crippen LogP contribution < -0.4 is 4.74 Å². The predicted molar refractivity (Wildman–Crippen MR) is 62.9 cm³/mol. The first-order chi connectivity index (χ1) is 7.54. The molecule has 1 atom stereocenters. The number of ether oxygens (including phenoxy) is 2. The van der Waals surface area contributed by atoms with Crippen molar-refractivity contribution in [1.82, 2.24) is 0 Å². The van der Waals surface area contributed by atoms with Gasteiger partial charge in [-0.3, -0.25) is 4.79 Å². The molecule has 0 aliphatic carbocycles. The normalized spacial score (nSPS) is 12.0. The largest absolute Gasteiger partial charge is 0.491 e. The average Bonchev–Trinajstić information content (AvgIpc) is 2.28. The molecule has 0 heterocycles. The molecule has 4 heteroatoms. The number of methoxy groups -OCH3 is 1. The van der Waals surface area contributed by atoms with E-state index in [1.54, 1.807) is 13.0 Å². The van der Waals surface area contributed by atoms with Gasteiger partial charge >= 0.3 is 5.97 Å². The van der Waals surface area contributed by atoms with Gasteiger partial charge in [0.25, 0.3) is 0 Å². The lowest BCUT2D eigenvalue weighted by Crippen LogP contribution is -2.20. The summed E-state index contributed by atoms with van der Waals surface area (Å²) in [5.74, 6) is 0.00257. The highest BCUT2D eigenvalue weighted by atomic mass is 35.5. The zero-order valence-electron chi connectivity index (χ0n) is 9.62. The summed E-state index contributed by atoms with van der Waals surface area (Å²) in [5, 5.41) is 0.544. The van der Waals surface area contributed by atoms with Gasteiger partial charge in [-0.15, -0.1) is 0 Å². The fourth-order valence-corrected chi connectivity index (χ4v) is 1.38. The van der Waals surface area contributed by atoms with Crippen LogP contribution in [0.3, 0.4) is 0 Å². The summed E-state index contributed by atoms with van der Waals surface area (Å²) in [7, 11) is 1.36. The molecule has 0 spiro atoms. The second-order valence-corrected chi connectivity index (χ2v) is 4.08. The minimum absolute atomic E-state index is 0.260. The highest BCUT2D eigenvalue weighted by molar-refractivity contribution is 6.32. The quantitative estimate of drug-likeness (QED) is 0.762. The molecule has 0 bridgehead atoms. The highest BCUT2D eigenvalue weighted by Gasteiger charge is 2.14. The zero-order chi connectivity index (χ0) is 12.1. The van der Waals surface area contributed by atoms with Gasteiger partial charge in [-0.1, -0.05) is 17.7 Å². The van der Waals surface area contributed by atoms with E-state index in [9.17, 15) is 4.79 Å². The van der Waals surface area contributed by atoms with Crippen LogP contribution in [-0.2, 0) is 9.53 Å². The third kappa shape index (κ3) is 3.42. The summed E-state index contributed by atoms with van der Waals surface area (Å²) in [6.45, 7) is 3.96. The Morgan fingerprint density at radius 1 is 1.50 bits per heavy atom. The van der Waals surface area contributed by atoms with Crippen LogP contribution in [0.2, 0.25) is 5.02 Å². The Balaban J connectivity index is 2.60. The van der Waals surface area contributed by atoms with Crippen LogP contribution in [-0.4, -0.2) is 19.7 Å². The third-order valence-electron chi connectivity index (χ3n) is 2.18. The fraction of sp³-hybridized carbons (Fsp3) is 0.417. The van der Waals surface area contributed by atoms with Crippen molar-refractivity contribution in [3.05, 3.63) is 28.8 Å². The first-order valence-corrected chi connectivity index (χ1v) is 5.39. The van der Waals surface area contributed by atoms with E-state index in [4.69, 9.17) is 16.3 Å². The minimum Gasteiger partial charge on any atom is -0.491 e. The number of carbonyl (C=O) groups excluding carboxylic acids is 1. The summed E-state index contributed by atoms with van der Waals surface area (Å²) in [6.07, 6.45) is 0. The van der Waals surface area contributed by atoms with Gasteiger partial charge in [0.1, 0.15) is 12.4 Å². The number of esters is 1. The van der Waals surface area contributed by atoms with E-state index in [1.165, 1.54) is 7.11 Å². The Bertz CT molecular complexity index is 377. The number of halogens is 1. The lowest BCUT2D eigenvalue weighted by molar-refractivity contribution is -0.145. The number of hydrogen-bond acceptors (Lipinski definition) is 3. The molecule has 0 fully saturated rings. The van der Waals surface area contributed by atoms with Gasteiger partial charge in [-0.2, -0.15) is 0 Å². The molecule has 0 radical (unpaired) electrons. The van der Waals surface area contributed by atoms with E-state index in [1.807, 2.05) is 19.1 Å². The molecular formula is C12H15ClO3. The van der Waals surface area contributed by atoms with Gasteiger partial charge in [0.05, 0.1) is 18.1 Å². The van der Waals surface area contributed by atoms with Gasteiger partial charge in [0, 0.05) is 0 Å². The smallest absolute Gasteiger partial charge is 0.311 e. The maximum Gasteiger partial charge on any atom is 0.311 e. The minimum atomic E-state index is -0.304. The fourth-order valence-electron chi connectivity index (χ4n) is 1.21. The maximum atomic E-state index is 11.1. The van der Waals surface area contributed by atoms with E-state index < -0.39 is 0 Å². The van der Waals surface area contributed by atoms with Crippen molar-refractivity contribution >= 4 is 17.6 Å². The van der Waals surface area contributed by atoms with E-state index in [-0.39, 0.29) is 18.5 Å². The van der Waals surface area contributed by atoms with E-state index in [0.717, 1.165) is 5.56 Å². The van der Waals surface area contributed by atoms with E-state index in [0.29, 0.717) is 10.8 Å². The topological polar surface area (TPSA) is 35.5 Å². The lowest BCUT2D eigenvalue weighted by Gasteiger charge is -2.12. The van der Waals surface area contributed by atoms with E-state index >= 15 is 0 Å². The monoisotopic (exact) mass is 242 g/mol. The van der Waals surface area contributed by atoms with Crippen LogP contribution in [0.4, 0.5) is 0 Å². The van der Waals surface area contributed by atoms with Gasteiger partial charge < -0.3 is 9.47 Å². The first kappa shape index (κ1) is 12.8. The van der Waals surface area contributed by atoms with Crippen molar-refractivity contribution in [1.29, 1.82) is 0 Å². The molecule has 88 valence electrons. The molecule has 0 aliphatic rings. The Kier molecular flexibility index (Phi) is 4.62. The molecule has 0 N–H and O–H groups in total. The van der Waals surface area contributed by atoms with Crippen LogP contribution in [0.5, 0.6) is 5.75 Å². The average molecular weight is 243 g/mol. The molecule has 3 nitrogen and oxygen atoms in total. The SMILES string of the molecule is COC(=O)C(C)COc1cc(C)ccc1Cl. The van der Waals surface area contributed by atoms with Gasteiger partial charge in [0.2, 0.25) is 0 Å². The summed E-state index contributed by atoms with van der Waals surface area (Å²) >= 11 is 5.95. The van der Waals surface area contributed by atoms with Crippen molar-refractivity contribution in [2.75, 3.05) is 13.7 Å². The summed E-state index contributed by atoms with van der Waals surface area (Å²) in [5.41, 5.74) is 1.06. The van der Waals surface area contributed by atoms with Crippen LogP contribution in [0, 0.1) is 12.8 Å². The zero-order valence-corrected chi connectivity index (χ0v) is 10.4. The molecule has 1 unspecified atom stereocenters. The first-order valence-electron chi connectivity index (χ1n) is 5.01. The van der Waals surface area contributed by atoms with Crippen molar-refractivity contribution < 1.29 is 14.3 Å². The number of carbonyl (C=O) groups is 1. The summed E-state index contributed by atoms with van der Waals surface area (Å²) < 4.78 is 10.1. The lowest BCUT2D eigenvalue weighted by atomic mass is 10.2. The number of rotatable bonds is 4. The Morgan fingerprint density at radius 2 is 2.19 bits per heavy atom. The molecule has 1 aromatic carbocycles. The molecule has 1 rings (SSSR count). The van der Waals surface area contributed by atoms with Crippen LogP contribution in [0.25, 0.3) is 0 Å². The van der Waals surface area contributed by atoms with Gasteiger partial charge in [-0.25, -0.2) is 0 Å². The Morgan fingerprint density at radius 3 is 2.81 bits per heavy atom. The molecule has 0 aromatic heterocycles. The second-order valence-electron chi connectivity index (χ2n) is 3.67. The van der Waals surface area contributed by atoms with Crippen molar-refractivity contribution in [3.8, 4) is 5.75 Å². The molecule has 16 heavy (non-hydrogen) atoms. The number of aryl methyl sites for hydroxylation is 1. The third-order valence-corrected chi connectivity index (χ3v) is 2.49. The predicted octanol–water partition coefficient (Wildman–Crippen LogP) is 2.84. The maximum absolute atomic E-state index is 11.1. The van der Waals surface area contributed by atoms with Crippen LogP contribution in [0.15, 0.2) is 18.2 Å². The summed E-state index contributed by atoms with van der Waals surface area (Å²) in [6, 6.07) is 5.51. The Hall–Kier alpha value is -1.22. The Labute approximate surface area is 100 Å². The van der Waals surface area contributed by atoms with Crippen molar-refractivity contribution in [3.63, 3.8) is 0 Å². The molecule has 1 aromatic rings. The number of hydrogen-bond donors (Lipinski definition) is 0. The molecule has 0 aliphatic heterocycles. The highest BCUT2D eigenvalue weighted by Crippen LogP contribution is 2.25. The van der Waals surface area contributed by atoms with Gasteiger partial charge in [-0.05, 0) is 31.5 Å². The van der Waals surface area contributed by atoms with Crippen molar-refractivity contribution in [2.24, 2.45) is 5.92 Å². The van der Waals surface area contributed by atoms with Gasteiger partial charge in [0.15, 0.2) is 0 Å². The molecule has 0 saturated heterocycles.